The van der Waals surface area contributed by atoms with E-state index in [-0.39, 0.29) is 43.8 Å². The van der Waals surface area contributed by atoms with Crippen molar-refractivity contribution in [2.75, 3.05) is 23.7 Å². The van der Waals surface area contributed by atoms with Crippen LogP contribution >= 0.6 is 15.9 Å². The first-order valence-electron chi connectivity index (χ1n) is 8.86. The molecule has 0 aliphatic heterocycles. The Kier molecular flexibility index (Phi) is 8.48. The summed E-state index contributed by atoms with van der Waals surface area (Å²) in [5.41, 5.74) is 2.37. The van der Waals surface area contributed by atoms with Crippen LogP contribution in [0.4, 0.5) is 16.2 Å². The Labute approximate surface area is 172 Å². The van der Waals surface area contributed by atoms with Gasteiger partial charge in [0.25, 0.3) is 0 Å². The van der Waals surface area contributed by atoms with E-state index in [1.54, 1.807) is 12.1 Å². The second-order valence-corrected chi connectivity index (χ2v) is 7.02. The molecule has 0 aromatic heterocycles. The van der Waals surface area contributed by atoms with Gasteiger partial charge in [-0.05, 0) is 36.8 Å². The molecular formula is C20H23BrN4O3. The lowest BCUT2D eigenvalue weighted by Gasteiger charge is -2.10. The zero-order valence-corrected chi connectivity index (χ0v) is 17.1. The van der Waals surface area contributed by atoms with Gasteiger partial charge in [-0.3, -0.25) is 9.59 Å². The fourth-order valence-electron chi connectivity index (χ4n) is 2.33. The molecule has 0 aliphatic carbocycles. The number of urea groups is 1. The maximum atomic E-state index is 12.0. The predicted octanol–water partition coefficient (Wildman–Crippen LogP) is 3.41. The minimum atomic E-state index is -0.372. The van der Waals surface area contributed by atoms with Gasteiger partial charge >= 0.3 is 6.03 Å². The molecule has 0 spiro atoms. The lowest BCUT2D eigenvalue weighted by molar-refractivity contribution is -0.121. The van der Waals surface area contributed by atoms with E-state index < -0.39 is 0 Å². The number of carbonyl (C=O) groups is 3. The number of hydrogen-bond acceptors (Lipinski definition) is 3. The predicted molar refractivity (Wildman–Crippen MR) is 113 cm³/mol. The van der Waals surface area contributed by atoms with E-state index >= 15 is 0 Å². The topological polar surface area (TPSA) is 99.3 Å². The van der Waals surface area contributed by atoms with Crippen LogP contribution in [-0.2, 0) is 9.59 Å². The summed E-state index contributed by atoms with van der Waals surface area (Å²) >= 11 is 3.37. The zero-order chi connectivity index (χ0) is 20.4. The Morgan fingerprint density at radius 1 is 0.857 bits per heavy atom. The van der Waals surface area contributed by atoms with Gasteiger partial charge in [-0.15, -0.1) is 0 Å². The second-order valence-electron chi connectivity index (χ2n) is 6.10. The van der Waals surface area contributed by atoms with E-state index in [1.807, 2.05) is 43.3 Å². The van der Waals surface area contributed by atoms with E-state index in [0.29, 0.717) is 5.69 Å². The van der Waals surface area contributed by atoms with Crippen molar-refractivity contribution in [1.82, 2.24) is 10.6 Å². The molecule has 0 fully saturated rings. The first-order chi connectivity index (χ1) is 13.4. The third kappa shape index (κ3) is 7.79. The Bertz CT molecular complexity index is 827. The summed E-state index contributed by atoms with van der Waals surface area (Å²) in [5.74, 6) is -0.409. The molecule has 2 aromatic carbocycles. The van der Waals surface area contributed by atoms with Gasteiger partial charge in [-0.1, -0.05) is 40.2 Å². The molecule has 0 saturated heterocycles. The van der Waals surface area contributed by atoms with Crippen molar-refractivity contribution in [2.45, 2.75) is 19.8 Å². The minimum absolute atomic E-state index is 0.134. The van der Waals surface area contributed by atoms with E-state index in [9.17, 15) is 14.4 Å². The summed E-state index contributed by atoms with van der Waals surface area (Å²) in [6, 6.07) is 14.3. The summed E-state index contributed by atoms with van der Waals surface area (Å²) in [4.78, 5) is 35.5. The van der Waals surface area contributed by atoms with Gasteiger partial charge in [0.15, 0.2) is 0 Å². The van der Waals surface area contributed by atoms with E-state index in [0.717, 1.165) is 15.7 Å². The molecule has 0 bridgehead atoms. The van der Waals surface area contributed by atoms with E-state index in [4.69, 9.17) is 0 Å². The van der Waals surface area contributed by atoms with Crippen LogP contribution in [0, 0.1) is 6.92 Å². The average Bonchev–Trinajstić information content (AvgIpc) is 2.65. The number of halogens is 1. The van der Waals surface area contributed by atoms with Crippen LogP contribution in [0.25, 0.3) is 0 Å². The lowest BCUT2D eigenvalue weighted by atomic mass is 10.2. The van der Waals surface area contributed by atoms with E-state index in [2.05, 4.69) is 37.2 Å². The molecule has 7 nitrogen and oxygen atoms in total. The highest BCUT2D eigenvalue weighted by atomic mass is 79.9. The van der Waals surface area contributed by atoms with Crippen LogP contribution < -0.4 is 21.3 Å². The number of carbonyl (C=O) groups excluding carboxylic acids is 3. The van der Waals surface area contributed by atoms with Gasteiger partial charge in [0, 0.05) is 41.8 Å². The van der Waals surface area contributed by atoms with E-state index in [1.165, 1.54) is 0 Å². The average molecular weight is 447 g/mol. The molecule has 148 valence electrons. The van der Waals surface area contributed by atoms with Crippen molar-refractivity contribution in [3.8, 4) is 0 Å². The summed E-state index contributed by atoms with van der Waals surface area (Å²) in [6.07, 6.45) is 0.300. The molecule has 4 amide bonds. The van der Waals surface area contributed by atoms with Crippen molar-refractivity contribution in [3.05, 3.63) is 58.6 Å². The van der Waals surface area contributed by atoms with Crippen LogP contribution in [0.3, 0.4) is 0 Å². The number of nitrogens with one attached hydrogen (secondary N) is 4. The molecule has 0 saturated carbocycles. The van der Waals surface area contributed by atoms with Crippen LogP contribution in [0.1, 0.15) is 18.4 Å². The molecule has 0 radical (unpaired) electrons. The van der Waals surface area contributed by atoms with Crippen LogP contribution in [0.5, 0.6) is 0 Å². The molecule has 2 rings (SSSR count). The smallest absolute Gasteiger partial charge is 0.319 e. The molecule has 28 heavy (non-hydrogen) atoms. The van der Waals surface area contributed by atoms with Gasteiger partial charge in [-0.2, -0.15) is 0 Å². The fourth-order valence-corrected chi connectivity index (χ4v) is 2.69. The highest BCUT2D eigenvalue weighted by Gasteiger charge is 2.08. The molecule has 0 aliphatic rings. The quantitative estimate of drug-likeness (QED) is 0.499. The van der Waals surface area contributed by atoms with Crippen molar-refractivity contribution in [3.63, 3.8) is 0 Å². The monoisotopic (exact) mass is 446 g/mol. The van der Waals surface area contributed by atoms with Crippen molar-refractivity contribution in [1.29, 1.82) is 0 Å². The highest BCUT2D eigenvalue weighted by Crippen LogP contribution is 2.20. The number of para-hydroxylation sites is 1. The van der Waals surface area contributed by atoms with Crippen LogP contribution in [0.2, 0.25) is 0 Å². The Morgan fingerprint density at radius 2 is 1.54 bits per heavy atom. The molecule has 0 heterocycles. The molecule has 4 N–H and O–H groups in total. The first-order valence-corrected chi connectivity index (χ1v) is 9.66. The number of anilines is 2. The number of hydrogen-bond donors (Lipinski definition) is 4. The van der Waals surface area contributed by atoms with Crippen molar-refractivity contribution >= 4 is 45.2 Å². The maximum Gasteiger partial charge on any atom is 0.319 e. The fraction of sp³-hybridized carbons (Fsp3) is 0.250. The number of aryl methyl sites for hydroxylation is 1. The van der Waals surface area contributed by atoms with Gasteiger partial charge in [0.1, 0.15) is 0 Å². The SMILES string of the molecule is Cc1ccc(Br)cc1NC(=O)CCNC(=O)CCNC(=O)Nc1ccccc1. The maximum absolute atomic E-state index is 12.0. The van der Waals surface area contributed by atoms with Gasteiger partial charge in [0.05, 0.1) is 0 Å². The molecule has 2 aromatic rings. The van der Waals surface area contributed by atoms with Crippen LogP contribution in [-0.4, -0.2) is 30.9 Å². The summed E-state index contributed by atoms with van der Waals surface area (Å²) < 4.78 is 0.880. The Morgan fingerprint density at radius 3 is 2.29 bits per heavy atom. The zero-order valence-electron chi connectivity index (χ0n) is 15.5. The van der Waals surface area contributed by atoms with Crippen molar-refractivity contribution < 1.29 is 14.4 Å². The van der Waals surface area contributed by atoms with Gasteiger partial charge < -0.3 is 21.3 Å². The number of rotatable bonds is 8. The summed E-state index contributed by atoms with van der Waals surface area (Å²) in [7, 11) is 0. The Balaban J connectivity index is 1.60. The standard InChI is InChI=1S/C20H23BrN4O3/c1-14-7-8-15(21)13-17(14)25-19(27)10-11-22-18(26)9-12-23-20(28)24-16-5-3-2-4-6-16/h2-8,13H,9-12H2,1H3,(H,22,26)(H,25,27)(H2,23,24,28). The first kappa shape index (κ1) is 21.4. The summed E-state index contributed by atoms with van der Waals surface area (Å²) in [6.45, 7) is 2.34. The minimum Gasteiger partial charge on any atom is -0.356 e. The van der Waals surface area contributed by atoms with Crippen molar-refractivity contribution in [2.24, 2.45) is 0 Å². The molecule has 8 heteroatoms. The summed E-state index contributed by atoms with van der Waals surface area (Å²) in [5, 5.41) is 10.8. The Hall–Kier alpha value is -2.87. The number of benzene rings is 2. The lowest BCUT2D eigenvalue weighted by Crippen LogP contribution is -2.34. The van der Waals surface area contributed by atoms with Gasteiger partial charge in [0.2, 0.25) is 11.8 Å². The number of amides is 4. The highest BCUT2D eigenvalue weighted by molar-refractivity contribution is 9.10. The molecule has 0 atom stereocenters. The third-order valence-electron chi connectivity index (χ3n) is 3.82. The largest absolute Gasteiger partial charge is 0.356 e. The molecule has 0 unspecified atom stereocenters. The molecular weight excluding hydrogens is 424 g/mol. The third-order valence-corrected chi connectivity index (χ3v) is 4.31. The normalized spacial score (nSPS) is 10.1. The second kappa shape index (κ2) is 11.1. The van der Waals surface area contributed by atoms with Gasteiger partial charge in [-0.25, -0.2) is 4.79 Å². The van der Waals surface area contributed by atoms with Crippen LogP contribution in [0.15, 0.2) is 53.0 Å².